The van der Waals surface area contributed by atoms with Crippen molar-refractivity contribution in [2.45, 2.75) is 33.1 Å². The number of hydrogen-bond acceptors (Lipinski definition) is 2. The predicted molar refractivity (Wildman–Crippen MR) is 55.4 cm³/mol. The van der Waals surface area contributed by atoms with E-state index in [1.54, 1.807) is 0 Å². The van der Waals surface area contributed by atoms with Gasteiger partial charge in [0.2, 0.25) is 11.8 Å². The molecule has 0 unspecified atom stereocenters. The Morgan fingerprint density at radius 2 is 1.69 bits per heavy atom. The number of carbonyl (C=O) groups is 2. The molecule has 0 saturated carbocycles. The first-order valence-electron chi connectivity index (χ1n) is 4.74. The molecule has 0 spiro atoms. The van der Waals surface area contributed by atoms with Crippen LogP contribution in [0, 0.1) is 0 Å². The minimum absolute atomic E-state index is 0. The number of hydrogen-bond donors (Lipinski definition) is 2. The average molecular weight is 190 g/mol. The first-order valence-corrected chi connectivity index (χ1v) is 4.74. The third kappa shape index (κ3) is 7.31. The summed E-state index contributed by atoms with van der Waals surface area (Å²) in [6, 6.07) is 0. The molecule has 0 saturated heterocycles. The second kappa shape index (κ2) is 7.58. The van der Waals surface area contributed by atoms with Crippen molar-refractivity contribution in [3.63, 3.8) is 0 Å². The summed E-state index contributed by atoms with van der Waals surface area (Å²) in [6.45, 7) is 4.89. The van der Waals surface area contributed by atoms with E-state index >= 15 is 0 Å². The first-order chi connectivity index (χ1) is 6.20. The third-order valence-corrected chi connectivity index (χ3v) is 1.53. The van der Waals surface area contributed by atoms with E-state index in [1.165, 1.54) is 0 Å². The van der Waals surface area contributed by atoms with Crippen LogP contribution in [0.1, 0.15) is 36.0 Å². The summed E-state index contributed by atoms with van der Waals surface area (Å²) in [5, 5.41) is 5.33. The minimum atomic E-state index is -0.0145. The van der Waals surface area contributed by atoms with Gasteiger partial charge in [0.15, 0.2) is 0 Å². The highest BCUT2D eigenvalue weighted by atomic mass is 16.2. The van der Waals surface area contributed by atoms with E-state index in [1.807, 2.05) is 13.8 Å². The second-order valence-corrected chi connectivity index (χ2v) is 2.80. The lowest BCUT2D eigenvalue weighted by molar-refractivity contribution is -0.122. The third-order valence-electron chi connectivity index (χ3n) is 1.53. The van der Waals surface area contributed by atoms with E-state index < -0.39 is 0 Å². The highest BCUT2D eigenvalue weighted by Gasteiger charge is 2.01. The SMILES string of the molecule is CCCC(=O)NCCC(=O)NCC.[HH].[HH]. The van der Waals surface area contributed by atoms with Gasteiger partial charge in [0.05, 0.1) is 0 Å². The van der Waals surface area contributed by atoms with Crippen LogP contribution in [0.15, 0.2) is 0 Å². The molecule has 0 aliphatic rings. The Morgan fingerprint density at radius 1 is 1.08 bits per heavy atom. The topological polar surface area (TPSA) is 58.2 Å². The van der Waals surface area contributed by atoms with Gasteiger partial charge in [-0.15, -0.1) is 0 Å². The fraction of sp³-hybridized carbons (Fsp3) is 0.778. The monoisotopic (exact) mass is 190 g/mol. The van der Waals surface area contributed by atoms with E-state index in [9.17, 15) is 9.59 Å². The summed E-state index contributed by atoms with van der Waals surface area (Å²) in [6.07, 6.45) is 1.74. The Morgan fingerprint density at radius 3 is 2.23 bits per heavy atom. The average Bonchev–Trinajstić information content (AvgIpc) is 2.05. The van der Waals surface area contributed by atoms with Crippen LogP contribution in [0.4, 0.5) is 0 Å². The Kier molecular flexibility index (Phi) is 6.96. The summed E-state index contributed by atoms with van der Waals surface area (Å²) in [4.78, 5) is 21.9. The second-order valence-electron chi connectivity index (χ2n) is 2.80. The van der Waals surface area contributed by atoms with Crippen LogP contribution in [0.25, 0.3) is 0 Å². The summed E-state index contributed by atoms with van der Waals surface area (Å²) >= 11 is 0. The van der Waals surface area contributed by atoms with Crippen molar-refractivity contribution in [2.24, 2.45) is 0 Å². The van der Waals surface area contributed by atoms with Gasteiger partial charge in [0.25, 0.3) is 0 Å². The zero-order valence-corrected chi connectivity index (χ0v) is 8.35. The van der Waals surface area contributed by atoms with Gasteiger partial charge in [-0.3, -0.25) is 9.59 Å². The number of nitrogens with one attached hydrogen (secondary N) is 2. The predicted octanol–water partition coefficient (Wildman–Crippen LogP) is 0.921. The molecule has 13 heavy (non-hydrogen) atoms. The lowest BCUT2D eigenvalue weighted by atomic mass is 10.3. The van der Waals surface area contributed by atoms with Gasteiger partial charge < -0.3 is 10.6 Å². The zero-order chi connectivity index (χ0) is 10.1. The minimum Gasteiger partial charge on any atom is -0.356 e. The van der Waals surface area contributed by atoms with Gasteiger partial charge in [-0.1, -0.05) is 6.92 Å². The molecule has 0 aromatic rings. The lowest BCUT2D eigenvalue weighted by Gasteiger charge is -2.03. The van der Waals surface area contributed by atoms with Crippen LogP contribution in [-0.4, -0.2) is 24.9 Å². The molecule has 0 heterocycles. The van der Waals surface area contributed by atoms with E-state index in [0.29, 0.717) is 25.9 Å². The summed E-state index contributed by atoms with van der Waals surface area (Å²) in [7, 11) is 0. The number of rotatable bonds is 6. The maximum Gasteiger partial charge on any atom is 0.221 e. The molecule has 0 radical (unpaired) electrons. The van der Waals surface area contributed by atoms with Gasteiger partial charge >= 0.3 is 0 Å². The van der Waals surface area contributed by atoms with Crippen LogP contribution in [0.2, 0.25) is 0 Å². The molecule has 0 atom stereocenters. The fourth-order valence-corrected chi connectivity index (χ4v) is 0.916. The summed E-state index contributed by atoms with van der Waals surface area (Å²) < 4.78 is 0. The molecule has 0 fully saturated rings. The molecule has 0 aromatic carbocycles. The fourth-order valence-electron chi connectivity index (χ4n) is 0.916. The van der Waals surface area contributed by atoms with Crippen molar-refractivity contribution in [3.8, 4) is 0 Å². The zero-order valence-electron chi connectivity index (χ0n) is 8.35. The highest BCUT2D eigenvalue weighted by Crippen LogP contribution is 1.85. The Hall–Kier alpha value is -1.06. The molecule has 2 N–H and O–H groups in total. The maximum atomic E-state index is 10.9. The van der Waals surface area contributed by atoms with Crippen LogP contribution in [0.3, 0.4) is 0 Å². The van der Waals surface area contributed by atoms with Gasteiger partial charge in [-0.05, 0) is 13.3 Å². The van der Waals surface area contributed by atoms with E-state index in [0.717, 1.165) is 6.42 Å². The lowest BCUT2D eigenvalue weighted by Crippen LogP contribution is -2.30. The summed E-state index contributed by atoms with van der Waals surface area (Å²) in [5.74, 6) is 0.00565. The van der Waals surface area contributed by atoms with Crippen LogP contribution in [-0.2, 0) is 9.59 Å². The van der Waals surface area contributed by atoms with Crippen molar-refractivity contribution in [3.05, 3.63) is 0 Å². The molecule has 4 heteroatoms. The van der Waals surface area contributed by atoms with E-state index in [2.05, 4.69) is 10.6 Å². The van der Waals surface area contributed by atoms with Crippen LogP contribution >= 0.6 is 0 Å². The standard InChI is InChI=1S/C9H18N2O2.2H2/c1-3-5-8(12)11-7-6-9(13)10-4-2;;/h3-7H2,1-2H3,(H,10,13)(H,11,12);2*1H. The largest absolute Gasteiger partial charge is 0.356 e. The molecule has 0 aliphatic carbocycles. The van der Waals surface area contributed by atoms with Gasteiger partial charge in [0, 0.05) is 28.8 Å². The summed E-state index contributed by atoms with van der Waals surface area (Å²) in [5.41, 5.74) is 0. The van der Waals surface area contributed by atoms with Crippen molar-refractivity contribution in [1.29, 1.82) is 0 Å². The Bertz CT molecular complexity index is 159. The van der Waals surface area contributed by atoms with E-state index in [-0.39, 0.29) is 14.7 Å². The normalized spacial score (nSPS) is 9.38. The Balaban J connectivity index is -0.000000720. The molecular weight excluding hydrogens is 168 g/mol. The molecule has 0 bridgehead atoms. The van der Waals surface area contributed by atoms with Crippen LogP contribution in [0.5, 0.6) is 0 Å². The van der Waals surface area contributed by atoms with Gasteiger partial charge in [0.1, 0.15) is 0 Å². The smallest absolute Gasteiger partial charge is 0.221 e. The Labute approximate surface area is 82.1 Å². The molecule has 80 valence electrons. The highest BCUT2D eigenvalue weighted by molar-refractivity contribution is 5.78. The van der Waals surface area contributed by atoms with E-state index in [4.69, 9.17) is 0 Å². The first kappa shape index (κ1) is 11.9. The van der Waals surface area contributed by atoms with Gasteiger partial charge in [-0.25, -0.2) is 0 Å². The number of amides is 2. The molecule has 0 rings (SSSR count). The van der Waals surface area contributed by atoms with Crippen LogP contribution < -0.4 is 10.6 Å². The van der Waals surface area contributed by atoms with Gasteiger partial charge in [-0.2, -0.15) is 0 Å². The van der Waals surface area contributed by atoms with Crippen molar-refractivity contribution < 1.29 is 12.4 Å². The molecule has 4 nitrogen and oxygen atoms in total. The number of carbonyl (C=O) groups excluding carboxylic acids is 2. The van der Waals surface area contributed by atoms with Crippen molar-refractivity contribution >= 4 is 11.8 Å². The van der Waals surface area contributed by atoms with Crippen molar-refractivity contribution in [1.82, 2.24) is 10.6 Å². The molecule has 2 amide bonds. The van der Waals surface area contributed by atoms with Crippen molar-refractivity contribution in [2.75, 3.05) is 13.1 Å². The maximum absolute atomic E-state index is 10.9. The quantitative estimate of drug-likeness (QED) is 0.654. The molecular formula is C9H22N2O2. The molecule has 0 aromatic heterocycles. The molecule has 0 aliphatic heterocycles.